The molecule has 18 heavy (non-hydrogen) atoms. The summed E-state index contributed by atoms with van der Waals surface area (Å²) in [5, 5.41) is 0. The van der Waals surface area contributed by atoms with Gasteiger partial charge in [-0.15, -0.1) is 11.3 Å². The van der Waals surface area contributed by atoms with Gasteiger partial charge < -0.3 is 5.73 Å². The molecule has 1 nitrogen and oxygen atoms in total. The smallest absolute Gasteiger partial charge is 0.0461 e. The van der Waals surface area contributed by atoms with Gasteiger partial charge in [0.15, 0.2) is 0 Å². The summed E-state index contributed by atoms with van der Waals surface area (Å²) in [6.07, 6.45) is 1.07. The Morgan fingerprint density at radius 1 is 1.17 bits per heavy atom. The van der Waals surface area contributed by atoms with Crippen LogP contribution in [0.1, 0.15) is 46.2 Å². The lowest BCUT2D eigenvalue weighted by Crippen LogP contribution is -2.19. The number of aryl methyl sites for hydroxylation is 2. The highest BCUT2D eigenvalue weighted by Gasteiger charge is 2.22. The maximum Gasteiger partial charge on any atom is 0.0461 e. The van der Waals surface area contributed by atoms with Gasteiger partial charge in [0.05, 0.1) is 0 Å². The van der Waals surface area contributed by atoms with Crippen molar-refractivity contribution in [3.63, 3.8) is 0 Å². The monoisotopic (exact) mass is 259 g/mol. The molecule has 2 rings (SSSR count). The lowest BCUT2D eigenvalue weighted by Gasteiger charge is -2.23. The van der Waals surface area contributed by atoms with Gasteiger partial charge in [0.25, 0.3) is 0 Å². The Bertz CT molecular complexity index is 501. The zero-order valence-corrected chi connectivity index (χ0v) is 12.1. The van der Waals surface area contributed by atoms with E-state index in [0.29, 0.717) is 5.92 Å². The molecule has 0 aliphatic heterocycles. The van der Waals surface area contributed by atoms with E-state index in [1.54, 1.807) is 0 Å². The van der Waals surface area contributed by atoms with Crippen molar-refractivity contribution in [1.82, 2.24) is 0 Å². The standard InChI is InChI=1S/C16H21NS/c1-4-14(13-8-6-5-7-9-13)15(17)16-11(2)10-12(3)18-16/h5-10,14-15H,4,17H2,1-3H3. The first-order chi connectivity index (χ1) is 8.63. The van der Waals surface area contributed by atoms with E-state index in [1.807, 2.05) is 11.3 Å². The maximum atomic E-state index is 6.51. The molecule has 2 atom stereocenters. The van der Waals surface area contributed by atoms with Gasteiger partial charge in [-0.05, 0) is 37.5 Å². The van der Waals surface area contributed by atoms with Crippen LogP contribution >= 0.6 is 11.3 Å². The molecule has 0 aliphatic rings. The summed E-state index contributed by atoms with van der Waals surface area (Å²) in [6, 6.07) is 13.0. The number of rotatable bonds is 4. The molecule has 1 aromatic heterocycles. The Balaban J connectivity index is 2.31. The van der Waals surface area contributed by atoms with Gasteiger partial charge in [-0.3, -0.25) is 0 Å². The number of nitrogens with two attached hydrogens (primary N) is 1. The van der Waals surface area contributed by atoms with Crippen LogP contribution in [-0.4, -0.2) is 0 Å². The van der Waals surface area contributed by atoms with Crippen LogP contribution in [0.2, 0.25) is 0 Å². The molecular weight excluding hydrogens is 238 g/mol. The Labute approximate surface area is 114 Å². The van der Waals surface area contributed by atoms with Crippen molar-refractivity contribution < 1.29 is 0 Å². The molecule has 2 aromatic rings. The van der Waals surface area contributed by atoms with Crippen molar-refractivity contribution in [3.05, 3.63) is 57.3 Å². The zero-order chi connectivity index (χ0) is 13.1. The van der Waals surface area contributed by atoms with Gasteiger partial charge in [0.1, 0.15) is 0 Å². The van der Waals surface area contributed by atoms with Gasteiger partial charge in [0.2, 0.25) is 0 Å². The fraction of sp³-hybridized carbons (Fsp3) is 0.375. The quantitative estimate of drug-likeness (QED) is 0.856. The average Bonchev–Trinajstić information content (AvgIpc) is 2.70. The Kier molecular flexibility index (Phi) is 4.20. The Morgan fingerprint density at radius 3 is 2.33 bits per heavy atom. The van der Waals surface area contributed by atoms with E-state index in [2.05, 4.69) is 57.2 Å². The second kappa shape index (κ2) is 5.68. The largest absolute Gasteiger partial charge is 0.323 e. The lowest BCUT2D eigenvalue weighted by atomic mass is 9.88. The van der Waals surface area contributed by atoms with E-state index in [4.69, 9.17) is 5.73 Å². The van der Waals surface area contributed by atoms with Crippen molar-refractivity contribution in [2.75, 3.05) is 0 Å². The first kappa shape index (κ1) is 13.3. The minimum Gasteiger partial charge on any atom is -0.323 e. The summed E-state index contributed by atoms with van der Waals surface area (Å²) in [5.41, 5.74) is 9.18. The molecule has 0 spiro atoms. The van der Waals surface area contributed by atoms with Crippen LogP contribution in [0.25, 0.3) is 0 Å². The number of hydrogen-bond donors (Lipinski definition) is 1. The van der Waals surface area contributed by atoms with Crippen molar-refractivity contribution in [2.45, 2.75) is 39.2 Å². The minimum atomic E-state index is 0.107. The molecule has 96 valence electrons. The highest BCUT2D eigenvalue weighted by Crippen LogP contribution is 2.36. The molecule has 2 heteroatoms. The van der Waals surface area contributed by atoms with Gasteiger partial charge in [0, 0.05) is 21.7 Å². The molecule has 1 aromatic carbocycles. The maximum absolute atomic E-state index is 6.51. The van der Waals surface area contributed by atoms with Crippen LogP contribution in [0.4, 0.5) is 0 Å². The van der Waals surface area contributed by atoms with E-state index in [0.717, 1.165) is 6.42 Å². The second-order valence-corrected chi connectivity index (χ2v) is 6.14. The molecule has 2 unspecified atom stereocenters. The Hall–Kier alpha value is -1.12. The van der Waals surface area contributed by atoms with E-state index < -0.39 is 0 Å². The third-order valence-electron chi connectivity index (χ3n) is 3.48. The summed E-state index contributed by atoms with van der Waals surface area (Å²) in [4.78, 5) is 2.68. The highest BCUT2D eigenvalue weighted by atomic mass is 32.1. The molecule has 0 radical (unpaired) electrons. The summed E-state index contributed by atoms with van der Waals surface area (Å²) in [6.45, 7) is 6.53. The molecule has 2 N–H and O–H groups in total. The first-order valence-corrected chi connectivity index (χ1v) is 7.32. The summed E-state index contributed by atoms with van der Waals surface area (Å²) < 4.78 is 0. The van der Waals surface area contributed by atoms with Gasteiger partial charge in [-0.25, -0.2) is 0 Å². The van der Waals surface area contributed by atoms with Crippen molar-refractivity contribution in [2.24, 2.45) is 5.73 Å². The summed E-state index contributed by atoms with van der Waals surface area (Å²) >= 11 is 1.84. The molecule has 0 bridgehead atoms. The highest BCUT2D eigenvalue weighted by molar-refractivity contribution is 7.12. The summed E-state index contributed by atoms with van der Waals surface area (Å²) in [7, 11) is 0. The van der Waals surface area contributed by atoms with E-state index >= 15 is 0 Å². The fourth-order valence-electron chi connectivity index (χ4n) is 2.57. The third kappa shape index (κ3) is 2.65. The van der Waals surface area contributed by atoms with Crippen molar-refractivity contribution in [1.29, 1.82) is 0 Å². The van der Waals surface area contributed by atoms with E-state index in [1.165, 1.54) is 20.9 Å². The lowest BCUT2D eigenvalue weighted by molar-refractivity contribution is 0.544. The van der Waals surface area contributed by atoms with E-state index in [-0.39, 0.29) is 6.04 Å². The number of benzene rings is 1. The third-order valence-corrected chi connectivity index (χ3v) is 4.74. The molecule has 0 aliphatic carbocycles. The van der Waals surface area contributed by atoms with Crippen LogP contribution in [0, 0.1) is 13.8 Å². The molecular formula is C16H21NS. The van der Waals surface area contributed by atoms with Gasteiger partial charge in [-0.1, -0.05) is 37.3 Å². The molecule has 0 saturated carbocycles. The second-order valence-electron chi connectivity index (χ2n) is 4.86. The molecule has 0 saturated heterocycles. The van der Waals surface area contributed by atoms with Crippen LogP contribution in [0.5, 0.6) is 0 Å². The predicted molar refractivity (Wildman–Crippen MR) is 80.2 cm³/mol. The van der Waals surface area contributed by atoms with Crippen molar-refractivity contribution in [3.8, 4) is 0 Å². The number of thiophene rings is 1. The number of hydrogen-bond acceptors (Lipinski definition) is 2. The molecule has 1 heterocycles. The minimum absolute atomic E-state index is 0.107. The van der Waals surface area contributed by atoms with Crippen LogP contribution in [0.3, 0.4) is 0 Å². The molecule has 0 amide bonds. The molecule has 0 fully saturated rings. The van der Waals surface area contributed by atoms with Gasteiger partial charge in [-0.2, -0.15) is 0 Å². The zero-order valence-electron chi connectivity index (χ0n) is 11.3. The SMILES string of the molecule is CCC(c1ccccc1)C(N)c1sc(C)cc1C. The fourth-order valence-corrected chi connectivity index (χ4v) is 3.67. The normalized spacial score (nSPS) is 14.4. The predicted octanol–water partition coefficient (Wildman–Crippen LogP) is 4.56. The van der Waals surface area contributed by atoms with Crippen molar-refractivity contribution >= 4 is 11.3 Å². The summed E-state index contributed by atoms with van der Waals surface area (Å²) in [5.74, 6) is 0.406. The van der Waals surface area contributed by atoms with Gasteiger partial charge >= 0.3 is 0 Å². The topological polar surface area (TPSA) is 26.0 Å². The van der Waals surface area contributed by atoms with Crippen LogP contribution < -0.4 is 5.73 Å². The first-order valence-electron chi connectivity index (χ1n) is 6.51. The average molecular weight is 259 g/mol. The van der Waals surface area contributed by atoms with E-state index in [9.17, 15) is 0 Å². The Morgan fingerprint density at radius 2 is 1.83 bits per heavy atom. The van der Waals surface area contributed by atoms with Crippen LogP contribution in [0.15, 0.2) is 36.4 Å². The van der Waals surface area contributed by atoms with Crippen LogP contribution in [-0.2, 0) is 0 Å².